The summed E-state index contributed by atoms with van der Waals surface area (Å²) in [6, 6.07) is 2.97. The maximum Gasteiger partial charge on any atom is 0.256 e. The van der Waals surface area contributed by atoms with Gasteiger partial charge in [-0.2, -0.15) is 0 Å². The maximum absolute atomic E-state index is 14.0. The zero-order valence-electron chi connectivity index (χ0n) is 11.0. The van der Waals surface area contributed by atoms with Crippen molar-refractivity contribution < 1.29 is 13.6 Å². The van der Waals surface area contributed by atoms with E-state index in [1.54, 1.807) is 6.92 Å². The van der Waals surface area contributed by atoms with Crippen molar-refractivity contribution in [2.45, 2.75) is 19.3 Å². The minimum absolute atomic E-state index is 0.0257. The standard InChI is InChI=1S/C14H11F2N3O2/c1-6-17-13-12(14(21)18-6)9(5-11(20)19-13)8-4-7(15)2-3-10(8)16/h2-4,9H,5H2,1H3,(H2,17,18,19,20,21)/t9-/m0/s1. The van der Waals surface area contributed by atoms with E-state index in [9.17, 15) is 18.4 Å². The summed E-state index contributed by atoms with van der Waals surface area (Å²) in [7, 11) is 0. The zero-order chi connectivity index (χ0) is 15.1. The second-order valence-electron chi connectivity index (χ2n) is 4.88. The molecule has 1 aromatic heterocycles. The van der Waals surface area contributed by atoms with Crippen LogP contribution in [0, 0.1) is 18.6 Å². The number of H-pyrrole nitrogens is 1. The van der Waals surface area contributed by atoms with Gasteiger partial charge in [-0.3, -0.25) is 9.59 Å². The summed E-state index contributed by atoms with van der Waals surface area (Å²) in [6.07, 6.45) is -0.138. The van der Waals surface area contributed by atoms with E-state index >= 15 is 0 Å². The highest BCUT2D eigenvalue weighted by Gasteiger charge is 2.32. The molecule has 2 heterocycles. The van der Waals surface area contributed by atoms with Crippen LogP contribution in [-0.4, -0.2) is 15.9 Å². The van der Waals surface area contributed by atoms with Gasteiger partial charge in [0.25, 0.3) is 5.56 Å². The Kier molecular flexibility index (Phi) is 3.04. The Labute approximate surface area is 118 Å². The van der Waals surface area contributed by atoms with Gasteiger partial charge in [-0.1, -0.05) is 0 Å². The molecule has 0 aliphatic carbocycles. The highest BCUT2D eigenvalue weighted by molar-refractivity contribution is 5.94. The van der Waals surface area contributed by atoms with E-state index < -0.39 is 29.0 Å². The summed E-state index contributed by atoms with van der Waals surface area (Å²) in [5.41, 5.74) is -0.349. The van der Waals surface area contributed by atoms with Gasteiger partial charge >= 0.3 is 0 Å². The Morgan fingerprint density at radius 1 is 1.29 bits per heavy atom. The van der Waals surface area contributed by atoms with Crippen molar-refractivity contribution in [1.82, 2.24) is 9.97 Å². The molecule has 0 saturated heterocycles. The number of nitrogens with zero attached hydrogens (tertiary/aromatic N) is 1. The molecule has 7 heteroatoms. The third-order valence-corrected chi connectivity index (χ3v) is 3.40. The van der Waals surface area contributed by atoms with Gasteiger partial charge in [-0.15, -0.1) is 0 Å². The number of aryl methyl sites for hydroxylation is 1. The maximum atomic E-state index is 14.0. The Balaban J connectivity index is 2.24. The number of fused-ring (bicyclic) bond motifs is 1. The fourth-order valence-corrected chi connectivity index (χ4v) is 2.53. The average molecular weight is 291 g/mol. The first-order valence-electron chi connectivity index (χ1n) is 6.31. The smallest absolute Gasteiger partial charge is 0.256 e. The lowest BCUT2D eigenvalue weighted by Gasteiger charge is -2.24. The lowest BCUT2D eigenvalue weighted by molar-refractivity contribution is -0.116. The van der Waals surface area contributed by atoms with Gasteiger partial charge in [0.1, 0.15) is 23.3 Å². The molecule has 108 valence electrons. The van der Waals surface area contributed by atoms with E-state index in [1.807, 2.05) is 0 Å². The number of benzene rings is 1. The predicted molar refractivity (Wildman–Crippen MR) is 71.0 cm³/mol. The van der Waals surface area contributed by atoms with Crippen LogP contribution in [0.25, 0.3) is 0 Å². The molecule has 1 aliphatic heterocycles. The second kappa shape index (κ2) is 4.76. The number of aromatic nitrogens is 2. The highest BCUT2D eigenvalue weighted by atomic mass is 19.1. The van der Waals surface area contributed by atoms with Crippen LogP contribution >= 0.6 is 0 Å². The van der Waals surface area contributed by atoms with E-state index in [2.05, 4.69) is 15.3 Å². The summed E-state index contributed by atoms with van der Waals surface area (Å²) in [5, 5.41) is 2.49. The first-order valence-corrected chi connectivity index (χ1v) is 6.31. The molecule has 2 N–H and O–H groups in total. The summed E-state index contributed by atoms with van der Waals surface area (Å²) >= 11 is 0. The van der Waals surface area contributed by atoms with Crippen molar-refractivity contribution in [2.24, 2.45) is 0 Å². The molecule has 5 nitrogen and oxygen atoms in total. The van der Waals surface area contributed by atoms with Gasteiger partial charge < -0.3 is 10.3 Å². The quantitative estimate of drug-likeness (QED) is 0.841. The van der Waals surface area contributed by atoms with Crippen LogP contribution < -0.4 is 10.9 Å². The van der Waals surface area contributed by atoms with E-state index in [-0.39, 0.29) is 23.4 Å². The number of hydrogen-bond donors (Lipinski definition) is 2. The van der Waals surface area contributed by atoms with Crippen LogP contribution in [0.1, 0.15) is 29.3 Å². The SMILES string of the molecule is Cc1nc2c(c(=O)[nH]1)[C@H](c1cc(F)ccc1F)CC(=O)N2. The molecule has 0 unspecified atom stereocenters. The third kappa shape index (κ3) is 2.31. The molecule has 0 saturated carbocycles. The highest BCUT2D eigenvalue weighted by Crippen LogP contribution is 2.35. The van der Waals surface area contributed by atoms with Gasteiger partial charge in [0, 0.05) is 12.3 Å². The van der Waals surface area contributed by atoms with Crippen molar-refractivity contribution >= 4 is 11.7 Å². The number of aromatic amines is 1. The van der Waals surface area contributed by atoms with Gasteiger partial charge in [0.15, 0.2) is 0 Å². The molecular formula is C14H11F2N3O2. The Morgan fingerprint density at radius 3 is 2.81 bits per heavy atom. The zero-order valence-corrected chi connectivity index (χ0v) is 11.0. The number of amides is 1. The molecule has 2 aromatic rings. The van der Waals surface area contributed by atoms with Crippen LogP contribution in [0.15, 0.2) is 23.0 Å². The summed E-state index contributed by atoms with van der Waals surface area (Å²) < 4.78 is 27.3. The number of nitrogens with one attached hydrogen (secondary N) is 2. The summed E-state index contributed by atoms with van der Waals surface area (Å²) in [6.45, 7) is 1.57. The fraction of sp³-hybridized carbons (Fsp3) is 0.214. The van der Waals surface area contributed by atoms with Gasteiger partial charge in [-0.05, 0) is 30.7 Å². The predicted octanol–water partition coefficient (Wildman–Crippen LogP) is 1.83. The number of carbonyl (C=O) groups is 1. The first kappa shape index (κ1) is 13.4. The Hall–Kier alpha value is -2.57. The average Bonchev–Trinajstić information content (AvgIpc) is 2.39. The lowest BCUT2D eigenvalue weighted by atomic mass is 9.86. The van der Waals surface area contributed by atoms with Crippen LogP contribution in [0.2, 0.25) is 0 Å². The van der Waals surface area contributed by atoms with E-state index in [4.69, 9.17) is 0 Å². The number of rotatable bonds is 1. The van der Waals surface area contributed by atoms with Crippen molar-refractivity contribution in [2.75, 3.05) is 5.32 Å². The molecule has 0 bridgehead atoms. The second-order valence-corrected chi connectivity index (χ2v) is 4.88. The molecule has 0 radical (unpaired) electrons. The molecule has 1 aliphatic rings. The number of halogens is 2. The molecule has 21 heavy (non-hydrogen) atoms. The molecule has 1 aromatic carbocycles. The molecular weight excluding hydrogens is 280 g/mol. The monoisotopic (exact) mass is 291 g/mol. The Bertz CT molecular complexity index is 801. The normalized spacial score (nSPS) is 17.3. The van der Waals surface area contributed by atoms with Gasteiger partial charge in [-0.25, -0.2) is 13.8 Å². The molecule has 1 atom stereocenters. The molecule has 0 fully saturated rings. The largest absolute Gasteiger partial charge is 0.310 e. The van der Waals surface area contributed by atoms with Crippen molar-refractivity contribution in [1.29, 1.82) is 0 Å². The summed E-state index contributed by atoms with van der Waals surface area (Å²) in [5.74, 6) is -2.12. The van der Waals surface area contributed by atoms with Crippen LogP contribution in [0.3, 0.4) is 0 Å². The minimum atomic E-state index is -0.860. The minimum Gasteiger partial charge on any atom is -0.310 e. The topological polar surface area (TPSA) is 74.8 Å². The molecule has 3 rings (SSSR count). The van der Waals surface area contributed by atoms with Crippen LogP contribution in [-0.2, 0) is 4.79 Å². The number of hydrogen-bond acceptors (Lipinski definition) is 3. The number of anilines is 1. The van der Waals surface area contributed by atoms with E-state index in [1.165, 1.54) is 0 Å². The lowest BCUT2D eigenvalue weighted by Crippen LogP contribution is -2.31. The van der Waals surface area contributed by atoms with E-state index in [0.717, 1.165) is 18.2 Å². The summed E-state index contributed by atoms with van der Waals surface area (Å²) in [4.78, 5) is 30.4. The fourth-order valence-electron chi connectivity index (χ4n) is 2.53. The third-order valence-electron chi connectivity index (χ3n) is 3.40. The molecule has 1 amide bonds. The van der Waals surface area contributed by atoms with Crippen molar-refractivity contribution in [3.05, 3.63) is 57.1 Å². The van der Waals surface area contributed by atoms with Crippen molar-refractivity contribution in [3.8, 4) is 0 Å². The Morgan fingerprint density at radius 2 is 2.05 bits per heavy atom. The number of carbonyl (C=O) groups excluding carboxylic acids is 1. The van der Waals surface area contributed by atoms with Gasteiger partial charge in [0.2, 0.25) is 5.91 Å². The van der Waals surface area contributed by atoms with E-state index in [0.29, 0.717) is 5.82 Å². The van der Waals surface area contributed by atoms with Crippen LogP contribution in [0.5, 0.6) is 0 Å². The first-order chi connectivity index (χ1) is 9.95. The molecule has 0 spiro atoms. The van der Waals surface area contributed by atoms with Crippen molar-refractivity contribution in [3.63, 3.8) is 0 Å². The van der Waals surface area contributed by atoms with Gasteiger partial charge in [0.05, 0.1) is 5.56 Å². The van der Waals surface area contributed by atoms with Crippen LogP contribution in [0.4, 0.5) is 14.6 Å².